The van der Waals surface area contributed by atoms with Crippen molar-refractivity contribution >= 4 is 11.6 Å². The number of halogens is 1. The van der Waals surface area contributed by atoms with E-state index in [4.69, 9.17) is 16.3 Å². The van der Waals surface area contributed by atoms with Crippen LogP contribution in [0.25, 0.3) is 0 Å². The fourth-order valence-electron chi connectivity index (χ4n) is 2.70. The van der Waals surface area contributed by atoms with E-state index in [1.54, 1.807) is 0 Å². The van der Waals surface area contributed by atoms with Gasteiger partial charge in [0, 0.05) is 24.8 Å². The minimum absolute atomic E-state index is 0.579. The Bertz CT molecular complexity index is 346. The highest BCUT2D eigenvalue weighted by Gasteiger charge is 2.20. The molecule has 1 saturated heterocycles. The molecular formula is C15H22ClNO. The molecule has 1 atom stereocenters. The summed E-state index contributed by atoms with van der Waals surface area (Å²) in [5.74, 6) is 1.38. The molecule has 1 N–H and O–H groups in total. The first kappa shape index (κ1) is 13.9. The van der Waals surface area contributed by atoms with Crippen LogP contribution in [-0.2, 0) is 4.74 Å². The summed E-state index contributed by atoms with van der Waals surface area (Å²) in [6, 6.07) is 8.29. The zero-order valence-electron chi connectivity index (χ0n) is 11.0. The Morgan fingerprint density at radius 3 is 2.56 bits per heavy atom. The van der Waals surface area contributed by atoms with Crippen molar-refractivity contribution < 1.29 is 4.74 Å². The van der Waals surface area contributed by atoms with E-state index in [1.807, 2.05) is 19.2 Å². The zero-order chi connectivity index (χ0) is 12.8. The Balaban J connectivity index is 2.00. The Kier molecular flexibility index (Phi) is 5.48. The molecular weight excluding hydrogens is 246 g/mol. The quantitative estimate of drug-likeness (QED) is 0.882. The summed E-state index contributed by atoms with van der Waals surface area (Å²) in [6.07, 6.45) is 3.65. The van der Waals surface area contributed by atoms with Crippen molar-refractivity contribution in [2.24, 2.45) is 5.92 Å². The van der Waals surface area contributed by atoms with Gasteiger partial charge in [-0.3, -0.25) is 0 Å². The molecule has 0 amide bonds. The van der Waals surface area contributed by atoms with Crippen molar-refractivity contribution in [2.45, 2.75) is 25.2 Å². The van der Waals surface area contributed by atoms with E-state index in [0.717, 1.165) is 30.7 Å². The van der Waals surface area contributed by atoms with Crippen LogP contribution in [0.3, 0.4) is 0 Å². The van der Waals surface area contributed by atoms with E-state index < -0.39 is 0 Å². The predicted octanol–water partition coefficient (Wildman–Crippen LogP) is 3.46. The summed E-state index contributed by atoms with van der Waals surface area (Å²) in [6.45, 7) is 2.88. The van der Waals surface area contributed by atoms with Gasteiger partial charge in [-0.15, -0.1) is 0 Å². The van der Waals surface area contributed by atoms with Crippen molar-refractivity contribution in [1.82, 2.24) is 5.32 Å². The van der Waals surface area contributed by atoms with Gasteiger partial charge in [0.2, 0.25) is 0 Å². The average molecular weight is 268 g/mol. The lowest BCUT2D eigenvalue weighted by atomic mass is 9.85. The highest BCUT2D eigenvalue weighted by molar-refractivity contribution is 6.30. The van der Waals surface area contributed by atoms with Crippen LogP contribution in [0.1, 0.15) is 30.7 Å². The number of hydrogen-bond acceptors (Lipinski definition) is 2. The fraction of sp³-hybridized carbons (Fsp3) is 0.600. The van der Waals surface area contributed by atoms with Gasteiger partial charge in [-0.25, -0.2) is 0 Å². The second kappa shape index (κ2) is 7.13. The summed E-state index contributed by atoms with van der Waals surface area (Å²) in [4.78, 5) is 0. The second-order valence-corrected chi connectivity index (χ2v) is 5.53. The fourth-order valence-corrected chi connectivity index (χ4v) is 2.83. The first-order chi connectivity index (χ1) is 8.79. The molecule has 100 valence electrons. The number of ether oxygens (including phenoxy) is 1. The lowest BCUT2D eigenvalue weighted by Gasteiger charge is -2.27. The third-order valence-electron chi connectivity index (χ3n) is 3.75. The molecule has 2 nitrogen and oxygen atoms in total. The van der Waals surface area contributed by atoms with E-state index in [2.05, 4.69) is 17.4 Å². The molecule has 1 heterocycles. The van der Waals surface area contributed by atoms with Gasteiger partial charge in [-0.05, 0) is 55.8 Å². The average Bonchev–Trinajstić information content (AvgIpc) is 2.40. The normalized spacial score (nSPS) is 18.8. The monoisotopic (exact) mass is 267 g/mol. The highest BCUT2D eigenvalue weighted by atomic mass is 35.5. The van der Waals surface area contributed by atoms with Crippen molar-refractivity contribution in [2.75, 3.05) is 26.8 Å². The first-order valence-electron chi connectivity index (χ1n) is 6.77. The van der Waals surface area contributed by atoms with Gasteiger partial charge in [0.25, 0.3) is 0 Å². The molecule has 1 aromatic carbocycles. The molecule has 0 spiro atoms. The number of likely N-dealkylation sites (N-methyl/N-ethyl adjacent to an activating group) is 1. The van der Waals surface area contributed by atoms with E-state index >= 15 is 0 Å². The molecule has 0 saturated carbocycles. The molecule has 3 heteroatoms. The number of rotatable bonds is 5. The summed E-state index contributed by atoms with van der Waals surface area (Å²) >= 11 is 5.95. The van der Waals surface area contributed by atoms with Crippen molar-refractivity contribution in [3.63, 3.8) is 0 Å². The highest BCUT2D eigenvalue weighted by Crippen LogP contribution is 2.29. The maximum Gasteiger partial charge on any atom is 0.0468 e. The van der Waals surface area contributed by atoms with Gasteiger partial charge in [-0.1, -0.05) is 23.7 Å². The SMILES string of the molecule is CNCC(CC1CCOCC1)c1ccc(Cl)cc1. The Morgan fingerprint density at radius 2 is 1.94 bits per heavy atom. The molecule has 1 aromatic rings. The molecule has 0 bridgehead atoms. The molecule has 1 aliphatic rings. The molecule has 1 aliphatic heterocycles. The standard InChI is InChI=1S/C15H22ClNO/c1-17-11-14(10-12-6-8-18-9-7-12)13-2-4-15(16)5-3-13/h2-5,12,14,17H,6-11H2,1H3. The maximum absolute atomic E-state index is 5.95. The minimum Gasteiger partial charge on any atom is -0.381 e. The van der Waals surface area contributed by atoms with Crippen LogP contribution in [-0.4, -0.2) is 26.8 Å². The summed E-state index contributed by atoms with van der Waals surface area (Å²) in [5, 5.41) is 4.12. The van der Waals surface area contributed by atoms with Gasteiger partial charge in [-0.2, -0.15) is 0 Å². The molecule has 0 aliphatic carbocycles. The van der Waals surface area contributed by atoms with Gasteiger partial charge >= 0.3 is 0 Å². The first-order valence-corrected chi connectivity index (χ1v) is 7.15. The van der Waals surface area contributed by atoms with Crippen LogP contribution >= 0.6 is 11.6 Å². The van der Waals surface area contributed by atoms with Crippen LogP contribution in [0.4, 0.5) is 0 Å². The minimum atomic E-state index is 0.579. The van der Waals surface area contributed by atoms with Gasteiger partial charge < -0.3 is 10.1 Å². The van der Waals surface area contributed by atoms with Crippen LogP contribution in [0, 0.1) is 5.92 Å². The Morgan fingerprint density at radius 1 is 1.28 bits per heavy atom. The third-order valence-corrected chi connectivity index (χ3v) is 4.00. The zero-order valence-corrected chi connectivity index (χ0v) is 11.7. The van der Waals surface area contributed by atoms with E-state index in [-0.39, 0.29) is 0 Å². The number of nitrogens with one attached hydrogen (secondary N) is 1. The van der Waals surface area contributed by atoms with Gasteiger partial charge in [0.15, 0.2) is 0 Å². The molecule has 2 rings (SSSR count). The number of benzene rings is 1. The van der Waals surface area contributed by atoms with Crippen LogP contribution in [0.2, 0.25) is 5.02 Å². The summed E-state index contributed by atoms with van der Waals surface area (Å²) in [5.41, 5.74) is 1.39. The van der Waals surface area contributed by atoms with Crippen molar-refractivity contribution in [1.29, 1.82) is 0 Å². The Hall–Kier alpha value is -0.570. The summed E-state index contributed by atoms with van der Waals surface area (Å²) in [7, 11) is 2.02. The molecule has 0 radical (unpaired) electrons. The molecule has 1 fully saturated rings. The second-order valence-electron chi connectivity index (χ2n) is 5.10. The lowest BCUT2D eigenvalue weighted by molar-refractivity contribution is 0.0617. The third kappa shape index (κ3) is 3.98. The predicted molar refractivity (Wildman–Crippen MR) is 76.3 cm³/mol. The largest absolute Gasteiger partial charge is 0.381 e. The van der Waals surface area contributed by atoms with Gasteiger partial charge in [0.1, 0.15) is 0 Å². The maximum atomic E-state index is 5.95. The Labute approximate surface area is 115 Å². The van der Waals surface area contributed by atoms with E-state index in [1.165, 1.54) is 24.8 Å². The topological polar surface area (TPSA) is 21.3 Å². The number of hydrogen-bond donors (Lipinski definition) is 1. The van der Waals surface area contributed by atoms with Crippen LogP contribution in [0.5, 0.6) is 0 Å². The van der Waals surface area contributed by atoms with Crippen LogP contribution < -0.4 is 5.32 Å². The van der Waals surface area contributed by atoms with Crippen molar-refractivity contribution in [3.8, 4) is 0 Å². The summed E-state index contributed by atoms with van der Waals surface area (Å²) < 4.78 is 5.43. The lowest BCUT2D eigenvalue weighted by Crippen LogP contribution is -2.23. The smallest absolute Gasteiger partial charge is 0.0468 e. The molecule has 0 aromatic heterocycles. The van der Waals surface area contributed by atoms with Crippen LogP contribution in [0.15, 0.2) is 24.3 Å². The van der Waals surface area contributed by atoms with Gasteiger partial charge in [0.05, 0.1) is 0 Å². The molecule has 1 unspecified atom stereocenters. The van der Waals surface area contributed by atoms with E-state index in [0.29, 0.717) is 5.92 Å². The van der Waals surface area contributed by atoms with E-state index in [9.17, 15) is 0 Å². The molecule has 18 heavy (non-hydrogen) atoms. The van der Waals surface area contributed by atoms with Crippen molar-refractivity contribution in [3.05, 3.63) is 34.9 Å².